The highest BCUT2D eigenvalue weighted by molar-refractivity contribution is 5.94. The normalized spacial score (nSPS) is 16.6. The molecule has 0 aliphatic heterocycles. The van der Waals surface area contributed by atoms with Crippen molar-refractivity contribution in [3.8, 4) is 11.5 Å². The molecule has 0 fully saturated rings. The zero-order valence-electron chi connectivity index (χ0n) is 13.3. The summed E-state index contributed by atoms with van der Waals surface area (Å²) in [4.78, 5) is 11.5. The Labute approximate surface area is 135 Å². The van der Waals surface area contributed by atoms with Gasteiger partial charge in [-0.1, -0.05) is 6.07 Å². The maximum atomic E-state index is 13.6. The van der Waals surface area contributed by atoms with Crippen LogP contribution in [0.1, 0.15) is 47.4 Å². The van der Waals surface area contributed by atoms with E-state index in [1.807, 2.05) is 6.07 Å². The molecule has 3 nitrogen and oxygen atoms in total. The number of hydrogen-bond donors (Lipinski definition) is 0. The van der Waals surface area contributed by atoms with Gasteiger partial charge in [-0.05, 0) is 67.6 Å². The summed E-state index contributed by atoms with van der Waals surface area (Å²) < 4.78 is 25.0. The second kappa shape index (κ2) is 6.41. The lowest BCUT2D eigenvalue weighted by atomic mass is 9.89. The van der Waals surface area contributed by atoms with Gasteiger partial charge in [0, 0.05) is 5.56 Å². The van der Waals surface area contributed by atoms with E-state index in [0.717, 1.165) is 30.4 Å². The smallest absolute Gasteiger partial charge is 0.162 e. The quantitative estimate of drug-likeness (QED) is 0.780. The van der Waals surface area contributed by atoms with E-state index in [9.17, 15) is 9.18 Å². The van der Waals surface area contributed by atoms with Crippen molar-refractivity contribution in [1.82, 2.24) is 0 Å². The summed E-state index contributed by atoms with van der Waals surface area (Å²) in [6.07, 6.45) is 2.56. The predicted octanol–water partition coefficient (Wildman–Crippen LogP) is 4.49. The Morgan fingerprint density at radius 3 is 2.74 bits per heavy atom. The van der Waals surface area contributed by atoms with Crippen molar-refractivity contribution in [3.63, 3.8) is 0 Å². The molecule has 120 valence electrons. The highest BCUT2D eigenvalue weighted by Crippen LogP contribution is 2.37. The monoisotopic (exact) mass is 314 g/mol. The van der Waals surface area contributed by atoms with Crippen LogP contribution < -0.4 is 9.47 Å². The number of halogens is 1. The van der Waals surface area contributed by atoms with E-state index in [-0.39, 0.29) is 17.7 Å². The summed E-state index contributed by atoms with van der Waals surface area (Å²) in [5.74, 6) is 0.805. The van der Waals surface area contributed by atoms with Crippen molar-refractivity contribution in [2.24, 2.45) is 0 Å². The van der Waals surface area contributed by atoms with E-state index in [1.165, 1.54) is 13.0 Å². The fourth-order valence-corrected chi connectivity index (χ4v) is 2.99. The number of carbonyl (C=O) groups is 1. The summed E-state index contributed by atoms with van der Waals surface area (Å²) in [6.45, 7) is 1.51. The van der Waals surface area contributed by atoms with Crippen molar-refractivity contribution < 1.29 is 18.7 Å². The highest BCUT2D eigenvalue weighted by Gasteiger charge is 2.23. The highest BCUT2D eigenvalue weighted by atomic mass is 19.1. The molecule has 0 amide bonds. The Hall–Kier alpha value is -2.36. The van der Waals surface area contributed by atoms with Crippen LogP contribution in [0, 0.1) is 5.82 Å². The van der Waals surface area contributed by atoms with Gasteiger partial charge < -0.3 is 9.47 Å². The maximum absolute atomic E-state index is 13.6. The average molecular weight is 314 g/mol. The van der Waals surface area contributed by atoms with Crippen LogP contribution in [0.4, 0.5) is 4.39 Å². The molecule has 0 saturated heterocycles. The fourth-order valence-electron chi connectivity index (χ4n) is 2.99. The van der Waals surface area contributed by atoms with Crippen molar-refractivity contribution in [2.75, 3.05) is 7.11 Å². The number of aryl methyl sites for hydroxylation is 1. The molecule has 0 N–H and O–H groups in total. The van der Waals surface area contributed by atoms with E-state index in [0.29, 0.717) is 17.1 Å². The fraction of sp³-hybridized carbons (Fsp3) is 0.316. The Balaban J connectivity index is 1.91. The van der Waals surface area contributed by atoms with E-state index >= 15 is 0 Å². The minimum Gasteiger partial charge on any atom is -0.493 e. The first-order chi connectivity index (χ1) is 11.1. The molecule has 1 aliphatic carbocycles. The number of ketones is 1. The Kier molecular flexibility index (Phi) is 4.33. The lowest BCUT2D eigenvalue weighted by Crippen LogP contribution is -2.16. The first-order valence-electron chi connectivity index (χ1n) is 7.72. The molecule has 0 aromatic heterocycles. The second-order valence-corrected chi connectivity index (χ2v) is 5.76. The number of ether oxygens (including phenoxy) is 2. The zero-order valence-corrected chi connectivity index (χ0v) is 13.3. The van der Waals surface area contributed by atoms with Gasteiger partial charge in [0.05, 0.1) is 7.11 Å². The summed E-state index contributed by atoms with van der Waals surface area (Å²) in [5, 5.41) is 0. The van der Waals surface area contributed by atoms with E-state index < -0.39 is 0 Å². The summed E-state index contributed by atoms with van der Waals surface area (Å²) >= 11 is 0. The Bertz CT molecular complexity index is 739. The predicted molar refractivity (Wildman–Crippen MR) is 85.7 cm³/mol. The number of fused-ring (bicyclic) bond motifs is 1. The molecular weight excluding hydrogens is 295 g/mol. The van der Waals surface area contributed by atoms with Gasteiger partial charge in [-0.3, -0.25) is 4.79 Å². The first-order valence-corrected chi connectivity index (χ1v) is 7.72. The molecule has 2 aromatic carbocycles. The molecule has 0 spiro atoms. The standard InChI is InChI=1S/C19H19FO3/c1-12(21)14-7-9-18(19(10-14)22-2)23-17-5-3-4-13-6-8-15(20)11-16(13)17/h6-11,17H,3-5H2,1-2H3/t17-/m0/s1. The van der Waals surface area contributed by atoms with E-state index in [4.69, 9.17) is 9.47 Å². The van der Waals surface area contributed by atoms with E-state index in [1.54, 1.807) is 31.4 Å². The van der Waals surface area contributed by atoms with Gasteiger partial charge in [0.2, 0.25) is 0 Å². The van der Waals surface area contributed by atoms with Crippen LogP contribution in [0.2, 0.25) is 0 Å². The molecule has 23 heavy (non-hydrogen) atoms. The molecule has 0 radical (unpaired) electrons. The third kappa shape index (κ3) is 3.21. The van der Waals surface area contributed by atoms with Gasteiger partial charge in [-0.2, -0.15) is 0 Å². The zero-order chi connectivity index (χ0) is 16.4. The largest absolute Gasteiger partial charge is 0.493 e. The molecule has 0 heterocycles. The molecule has 2 aromatic rings. The maximum Gasteiger partial charge on any atom is 0.162 e. The molecule has 0 unspecified atom stereocenters. The van der Waals surface area contributed by atoms with Gasteiger partial charge in [0.15, 0.2) is 17.3 Å². The molecule has 1 aliphatic rings. The SMILES string of the molecule is COc1cc(C(C)=O)ccc1O[C@H]1CCCc2ccc(F)cc21. The number of carbonyl (C=O) groups excluding carboxylic acids is 1. The van der Waals surface area contributed by atoms with Crippen molar-refractivity contribution in [3.05, 3.63) is 58.9 Å². The molecule has 0 bridgehead atoms. The van der Waals surface area contributed by atoms with Gasteiger partial charge in [0.1, 0.15) is 11.9 Å². The van der Waals surface area contributed by atoms with Crippen molar-refractivity contribution in [2.45, 2.75) is 32.3 Å². The lowest BCUT2D eigenvalue weighted by Gasteiger charge is -2.27. The van der Waals surface area contributed by atoms with Crippen LogP contribution in [0.5, 0.6) is 11.5 Å². The van der Waals surface area contributed by atoms with Gasteiger partial charge >= 0.3 is 0 Å². The Morgan fingerprint density at radius 2 is 2.00 bits per heavy atom. The van der Waals surface area contributed by atoms with Crippen LogP contribution in [0.3, 0.4) is 0 Å². The summed E-state index contributed by atoms with van der Waals surface area (Å²) in [7, 11) is 1.54. The molecule has 1 atom stereocenters. The van der Waals surface area contributed by atoms with Crippen LogP contribution in [-0.2, 0) is 6.42 Å². The first kappa shape index (κ1) is 15.5. The average Bonchev–Trinajstić information content (AvgIpc) is 2.55. The van der Waals surface area contributed by atoms with Crippen molar-refractivity contribution in [1.29, 1.82) is 0 Å². The van der Waals surface area contributed by atoms with Gasteiger partial charge in [0.25, 0.3) is 0 Å². The summed E-state index contributed by atoms with van der Waals surface area (Å²) in [6, 6.07) is 10.0. The topological polar surface area (TPSA) is 35.5 Å². The number of Topliss-reactive ketones (excluding diaryl/α,β-unsaturated/α-hetero) is 1. The van der Waals surface area contributed by atoms with Crippen LogP contribution >= 0.6 is 0 Å². The minimum atomic E-state index is -0.252. The number of benzene rings is 2. The molecule has 3 rings (SSSR count). The molecule has 0 saturated carbocycles. The third-order valence-electron chi connectivity index (χ3n) is 4.21. The Morgan fingerprint density at radius 1 is 1.17 bits per heavy atom. The number of rotatable bonds is 4. The second-order valence-electron chi connectivity index (χ2n) is 5.76. The van der Waals surface area contributed by atoms with Gasteiger partial charge in [-0.25, -0.2) is 4.39 Å². The lowest BCUT2D eigenvalue weighted by molar-refractivity contribution is 0.101. The van der Waals surface area contributed by atoms with Crippen LogP contribution in [-0.4, -0.2) is 12.9 Å². The number of methoxy groups -OCH3 is 1. The minimum absolute atomic E-state index is 0.0278. The van der Waals surface area contributed by atoms with E-state index in [2.05, 4.69) is 0 Å². The van der Waals surface area contributed by atoms with Gasteiger partial charge in [-0.15, -0.1) is 0 Å². The molecular formula is C19H19FO3. The van der Waals surface area contributed by atoms with Crippen LogP contribution in [0.25, 0.3) is 0 Å². The number of hydrogen-bond acceptors (Lipinski definition) is 3. The summed E-state index contributed by atoms with van der Waals surface area (Å²) in [5.41, 5.74) is 2.60. The molecule has 4 heteroatoms. The van der Waals surface area contributed by atoms with Crippen LogP contribution in [0.15, 0.2) is 36.4 Å². The van der Waals surface area contributed by atoms with Crippen molar-refractivity contribution >= 4 is 5.78 Å². The third-order valence-corrected chi connectivity index (χ3v) is 4.21.